The molecule has 0 saturated carbocycles. The SMILES string of the molecule is CCCc1nccc(-c2cn[nH]c2C2CCN(C(=O)c3cccc(F)c3)CC2)n1. The molecule has 0 spiro atoms. The molecule has 7 heteroatoms. The van der Waals surface area contributed by atoms with Crippen molar-refractivity contribution in [3.63, 3.8) is 0 Å². The summed E-state index contributed by atoms with van der Waals surface area (Å²) < 4.78 is 13.4. The Balaban J connectivity index is 1.47. The van der Waals surface area contributed by atoms with E-state index in [2.05, 4.69) is 27.1 Å². The standard InChI is InChI=1S/C22H24FN5O/c1-2-4-20-24-10-7-19(26-20)18-14-25-27-21(18)15-8-11-28(12-9-15)22(29)16-5-3-6-17(23)13-16/h3,5-7,10,13-15H,2,4,8-9,11-12H2,1H3,(H,25,27). The first-order valence-electron chi connectivity index (χ1n) is 10.1. The fraction of sp³-hybridized carbons (Fsp3) is 0.364. The molecule has 2 aromatic heterocycles. The number of nitrogens with zero attached hydrogens (tertiary/aromatic N) is 4. The van der Waals surface area contributed by atoms with Crippen molar-refractivity contribution in [3.05, 3.63) is 65.6 Å². The number of benzene rings is 1. The predicted octanol–water partition coefficient (Wildman–Crippen LogP) is 3.98. The number of carbonyl (C=O) groups excluding carboxylic acids is 1. The Morgan fingerprint density at radius 3 is 2.86 bits per heavy atom. The number of hydrogen-bond acceptors (Lipinski definition) is 4. The second-order valence-corrected chi connectivity index (χ2v) is 7.38. The molecule has 0 atom stereocenters. The smallest absolute Gasteiger partial charge is 0.253 e. The minimum absolute atomic E-state index is 0.118. The Kier molecular flexibility index (Phi) is 5.64. The van der Waals surface area contributed by atoms with Gasteiger partial charge in [-0.25, -0.2) is 14.4 Å². The maximum Gasteiger partial charge on any atom is 0.253 e. The van der Waals surface area contributed by atoms with Gasteiger partial charge in [0.2, 0.25) is 0 Å². The number of piperidine rings is 1. The number of halogens is 1. The fourth-order valence-electron chi connectivity index (χ4n) is 3.88. The second kappa shape index (κ2) is 8.51. The zero-order valence-electron chi connectivity index (χ0n) is 16.4. The molecular weight excluding hydrogens is 369 g/mol. The van der Waals surface area contributed by atoms with E-state index < -0.39 is 0 Å². The van der Waals surface area contributed by atoms with Crippen LogP contribution in [0.2, 0.25) is 0 Å². The van der Waals surface area contributed by atoms with E-state index in [0.717, 1.165) is 48.5 Å². The van der Waals surface area contributed by atoms with Crippen LogP contribution in [0.25, 0.3) is 11.3 Å². The third kappa shape index (κ3) is 4.18. The van der Waals surface area contributed by atoms with E-state index in [1.165, 1.54) is 12.1 Å². The maximum atomic E-state index is 13.4. The average molecular weight is 393 g/mol. The normalized spacial score (nSPS) is 14.9. The third-order valence-electron chi connectivity index (χ3n) is 5.39. The summed E-state index contributed by atoms with van der Waals surface area (Å²) in [6.45, 7) is 3.37. The van der Waals surface area contributed by atoms with E-state index in [1.54, 1.807) is 23.2 Å². The molecule has 1 aromatic carbocycles. The summed E-state index contributed by atoms with van der Waals surface area (Å²) in [6.07, 6.45) is 7.11. The van der Waals surface area contributed by atoms with E-state index in [4.69, 9.17) is 0 Å². The van der Waals surface area contributed by atoms with Crippen molar-refractivity contribution in [1.82, 2.24) is 25.1 Å². The topological polar surface area (TPSA) is 74.8 Å². The first kappa shape index (κ1) is 19.2. The summed E-state index contributed by atoms with van der Waals surface area (Å²) >= 11 is 0. The van der Waals surface area contributed by atoms with Crippen LogP contribution in [-0.4, -0.2) is 44.1 Å². The summed E-state index contributed by atoms with van der Waals surface area (Å²) in [7, 11) is 0. The van der Waals surface area contributed by atoms with E-state index >= 15 is 0 Å². The van der Waals surface area contributed by atoms with Crippen LogP contribution in [0.3, 0.4) is 0 Å². The van der Waals surface area contributed by atoms with Gasteiger partial charge in [-0.15, -0.1) is 0 Å². The van der Waals surface area contributed by atoms with Crippen molar-refractivity contribution < 1.29 is 9.18 Å². The number of aryl methyl sites for hydroxylation is 1. The lowest BCUT2D eigenvalue weighted by molar-refractivity contribution is 0.0711. The van der Waals surface area contributed by atoms with Crippen LogP contribution < -0.4 is 0 Å². The molecule has 3 aromatic rings. The molecule has 0 bridgehead atoms. The van der Waals surface area contributed by atoms with Gasteiger partial charge in [0.1, 0.15) is 11.6 Å². The summed E-state index contributed by atoms with van der Waals surface area (Å²) in [6, 6.07) is 7.79. The van der Waals surface area contributed by atoms with Crippen molar-refractivity contribution in [1.29, 1.82) is 0 Å². The van der Waals surface area contributed by atoms with Crippen LogP contribution in [0, 0.1) is 5.82 Å². The van der Waals surface area contributed by atoms with Gasteiger partial charge in [0, 0.05) is 48.4 Å². The summed E-state index contributed by atoms with van der Waals surface area (Å²) in [4.78, 5) is 23.5. The zero-order valence-corrected chi connectivity index (χ0v) is 16.4. The van der Waals surface area contributed by atoms with E-state index in [-0.39, 0.29) is 17.6 Å². The molecule has 150 valence electrons. The van der Waals surface area contributed by atoms with E-state index in [0.29, 0.717) is 18.7 Å². The molecule has 0 radical (unpaired) electrons. The predicted molar refractivity (Wildman–Crippen MR) is 108 cm³/mol. The van der Waals surface area contributed by atoms with Crippen LogP contribution in [-0.2, 0) is 6.42 Å². The Bertz CT molecular complexity index is 994. The lowest BCUT2D eigenvalue weighted by atomic mass is 9.90. The highest BCUT2D eigenvalue weighted by atomic mass is 19.1. The first-order valence-corrected chi connectivity index (χ1v) is 10.1. The number of carbonyl (C=O) groups is 1. The minimum Gasteiger partial charge on any atom is -0.339 e. The summed E-state index contributed by atoms with van der Waals surface area (Å²) in [5.74, 6) is 0.606. The highest BCUT2D eigenvalue weighted by Gasteiger charge is 2.27. The number of aromatic nitrogens is 4. The van der Waals surface area contributed by atoms with Crippen molar-refractivity contribution in [2.75, 3.05) is 13.1 Å². The quantitative estimate of drug-likeness (QED) is 0.712. The fourth-order valence-corrected chi connectivity index (χ4v) is 3.88. The molecule has 1 aliphatic rings. The summed E-state index contributed by atoms with van der Waals surface area (Å²) in [5, 5.41) is 7.40. The van der Waals surface area contributed by atoms with E-state index in [1.807, 2.05) is 12.3 Å². The highest BCUT2D eigenvalue weighted by molar-refractivity contribution is 5.94. The summed E-state index contributed by atoms with van der Waals surface area (Å²) in [5.41, 5.74) is 3.34. The Morgan fingerprint density at radius 1 is 1.28 bits per heavy atom. The van der Waals surface area contributed by atoms with Crippen molar-refractivity contribution >= 4 is 5.91 Å². The van der Waals surface area contributed by atoms with Crippen molar-refractivity contribution in [3.8, 4) is 11.3 Å². The monoisotopic (exact) mass is 393 g/mol. The molecular formula is C22H24FN5O. The molecule has 3 heterocycles. The van der Waals surface area contributed by atoms with Gasteiger partial charge in [-0.3, -0.25) is 9.89 Å². The molecule has 1 aliphatic heterocycles. The molecule has 1 N–H and O–H groups in total. The number of rotatable bonds is 5. The number of H-pyrrole nitrogens is 1. The highest BCUT2D eigenvalue weighted by Crippen LogP contribution is 2.33. The average Bonchev–Trinajstić information content (AvgIpc) is 3.24. The van der Waals surface area contributed by atoms with Crippen molar-refractivity contribution in [2.45, 2.75) is 38.5 Å². The molecule has 0 aliphatic carbocycles. The van der Waals surface area contributed by atoms with E-state index in [9.17, 15) is 9.18 Å². The molecule has 1 amide bonds. The Labute approximate surface area is 169 Å². The maximum absolute atomic E-state index is 13.4. The van der Waals surface area contributed by atoms with Gasteiger partial charge < -0.3 is 4.90 Å². The molecule has 4 rings (SSSR count). The number of aromatic amines is 1. The largest absolute Gasteiger partial charge is 0.339 e. The minimum atomic E-state index is -0.389. The van der Waals surface area contributed by atoms with Crippen LogP contribution in [0.5, 0.6) is 0 Å². The zero-order chi connectivity index (χ0) is 20.2. The lowest BCUT2D eigenvalue weighted by Crippen LogP contribution is -2.38. The van der Waals surface area contributed by atoms with Gasteiger partial charge >= 0.3 is 0 Å². The van der Waals surface area contributed by atoms with Gasteiger partial charge in [0.05, 0.1) is 11.9 Å². The molecule has 29 heavy (non-hydrogen) atoms. The first-order chi connectivity index (χ1) is 14.2. The number of likely N-dealkylation sites (tertiary alicyclic amines) is 1. The van der Waals surface area contributed by atoms with Gasteiger partial charge in [-0.1, -0.05) is 13.0 Å². The molecule has 1 fully saturated rings. The molecule has 1 saturated heterocycles. The number of nitrogens with one attached hydrogen (secondary N) is 1. The number of amides is 1. The third-order valence-corrected chi connectivity index (χ3v) is 5.39. The van der Waals surface area contributed by atoms with Gasteiger partial charge in [0.25, 0.3) is 5.91 Å². The molecule has 6 nitrogen and oxygen atoms in total. The lowest BCUT2D eigenvalue weighted by Gasteiger charge is -2.32. The van der Waals surface area contributed by atoms with Crippen LogP contribution in [0.4, 0.5) is 4.39 Å². The molecule has 0 unspecified atom stereocenters. The second-order valence-electron chi connectivity index (χ2n) is 7.38. The van der Waals surface area contributed by atoms with Crippen LogP contribution in [0.15, 0.2) is 42.7 Å². The van der Waals surface area contributed by atoms with Gasteiger partial charge in [0.15, 0.2) is 0 Å². The Morgan fingerprint density at radius 2 is 2.10 bits per heavy atom. The van der Waals surface area contributed by atoms with Crippen LogP contribution >= 0.6 is 0 Å². The van der Waals surface area contributed by atoms with Crippen LogP contribution in [0.1, 0.15) is 54.0 Å². The van der Waals surface area contributed by atoms with Gasteiger partial charge in [-0.05, 0) is 43.5 Å². The number of hydrogen-bond donors (Lipinski definition) is 1. The Hall–Kier alpha value is -3.09. The van der Waals surface area contributed by atoms with Gasteiger partial charge in [-0.2, -0.15) is 5.10 Å². The van der Waals surface area contributed by atoms with Crippen molar-refractivity contribution in [2.24, 2.45) is 0 Å².